The molecule has 0 spiro atoms. The summed E-state index contributed by atoms with van der Waals surface area (Å²) in [4.78, 5) is 15.1. The van der Waals surface area contributed by atoms with Gasteiger partial charge in [0.1, 0.15) is 11.9 Å². The van der Waals surface area contributed by atoms with E-state index < -0.39 is 6.10 Å². The van der Waals surface area contributed by atoms with Crippen molar-refractivity contribution >= 4 is 5.82 Å². The topological polar surface area (TPSA) is 76.3 Å². The minimum absolute atomic E-state index is 0.127. The van der Waals surface area contributed by atoms with Crippen LogP contribution >= 0.6 is 0 Å². The third kappa shape index (κ3) is 3.44. The number of rotatable bonds is 5. The quantitative estimate of drug-likeness (QED) is 0.902. The maximum Gasteiger partial charge on any atom is 0.234 e. The Kier molecular flexibility index (Phi) is 4.76. The van der Waals surface area contributed by atoms with Gasteiger partial charge in [-0.2, -0.15) is 4.98 Å². The molecule has 0 saturated carbocycles. The average molecular weight is 317 g/mol. The minimum Gasteiger partial charge on any atom is -0.477 e. The molecule has 2 atom stereocenters. The van der Waals surface area contributed by atoms with Crippen LogP contribution in [0.4, 0.5) is 5.82 Å². The van der Waals surface area contributed by atoms with Crippen molar-refractivity contribution in [2.45, 2.75) is 25.9 Å². The Morgan fingerprint density at radius 1 is 1.43 bits per heavy atom. The van der Waals surface area contributed by atoms with Gasteiger partial charge in [0, 0.05) is 38.4 Å². The minimum atomic E-state index is -0.569. The number of aromatic nitrogens is 4. The second-order valence-electron chi connectivity index (χ2n) is 5.84. The summed E-state index contributed by atoms with van der Waals surface area (Å²) < 4.78 is 7.30. The maximum atomic E-state index is 10.6. The predicted molar refractivity (Wildman–Crippen MR) is 86.3 cm³/mol. The Bertz CT molecular complexity index is 645. The SMILES string of the molecule is CCOc1cncc(N2CCCC(C(O)c3nccn3C)C2)n1. The zero-order chi connectivity index (χ0) is 16.2. The van der Waals surface area contributed by atoms with Gasteiger partial charge in [-0.15, -0.1) is 0 Å². The third-order valence-corrected chi connectivity index (χ3v) is 4.24. The van der Waals surface area contributed by atoms with Crippen molar-refractivity contribution in [2.24, 2.45) is 13.0 Å². The first-order chi connectivity index (χ1) is 11.2. The molecule has 0 amide bonds. The van der Waals surface area contributed by atoms with Crippen LogP contribution in [0, 0.1) is 5.92 Å². The molecule has 0 aliphatic carbocycles. The van der Waals surface area contributed by atoms with Crippen molar-refractivity contribution < 1.29 is 9.84 Å². The number of aliphatic hydroxyl groups excluding tert-OH is 1. The average Bonchev–Trinajstić information content (AvgIpc) is 3.01. The second-order valence-corrected chi connectivity index (χ2v) is 5.84. The number of nitrogens with zero attached hydrogens (tertiary/aromatic N) is 5. The molecule has 2 aromatic heterocycles. The molecule has 1 N–H and O–H groups in total. The van der Waals surface area contributed by atoms with Crippen LogP contribution in [0.5, 0.6) is 5.88 Å². The standard InChI is InChI=1S/C16H23N5O2/c1-3-23-14-10-17-9-13(19-14)21-7-4-5-12(11-21)15(22)16-18-6-8-20(16)2/h6,8-10,12,15,22H,3-5,7,11H2,1-2H3. The molecule has 23 heavy (non-hydrogen) atoms. The van der Waals surface area contributed by atoms with Crippen molar-refractivity contribution in [1.29, 1.82) is 0 Å². The molecule has 1 aliphatic rings. The van der Waals surface area contributed by atoms with E-state index in [4.69, 9.17) is 4.74 Å². The van der Waals surface area contributed by atoms with Gasteiger partial charge in [-0.25, -0.2) is 4.98 Å². The monoisotopic (exact) mass is 317 g/mol. The summed E-state index contributed by atoms with van der Waals surface area (Å²) in [6, 6.07) is 0. The fraction of sp³-hybridized carbons (Fsp3) is 0.562. The van der Waals surface area contributed by atoms with E-state index in [0.29, 0.717) is 18.3 Å². The summed E-state index contributed by atoms with van der Waals surface area (Å²) in [5.74, 6) is 2.18. The number of piperidine rings is 1. The number of anilines is 1. The van der Waals surface area contributed by atoms with Crippen LogP contribution in [0.25, 0.3) is 0 Å². The molecule has 0 aromatic carbocycles. The van der Waals surface area contributed by atoms with Crippen molar-refractivity contribution in [2.75, 3.05) is 24.6 Å². The maximum absolute atomic E-state index is 10.6. The molecule has 124 valence electrons. The number of hydrogen-bond donors (Lipinski definition) is 1. The van der Waals surface area contributed by atoms with Crippen molar-refractivity contribution in [3.63, 3.8) is 0 Å². The molecule has 2 aromatic rings. The Labute approximate surface area is 136 Å². The van der Waals surface area contributed by atoms with Crippen LogP contribution in [-0.2, 0) is 7.05 Å². The summed E-state index contributed by atoms with van der Waals surface area (Å²) >= 11 is 0. The van der Waals surface area contributed by atoms with Crippen LogP contribution in [0.3, 0.4) is 0 Å². The Morgan fingerprint density at radius 3 is 3.04 bits per heavy atom. The molecule has 7 nitrogen and oxygen atoms in total. The van der Waals surface area contributed by atoms with E-state index in [9.17, 15) is 5.11 Å². The lowest BCUT2D eigenvalue weighted by molar-refractivity contribution is 0.0873. The zero-order valence-corrected chi connectivity index (χ0v) is 13.6. The molecule has 7 heteroatoms. The molecule has 1 aliphatic heterocycles. The number of hydrogen-bond acceptors (Lipinski definition) is 6. The zero-order valence-electron chi connectivity index (χ0n) is 13.6. The van der Waals surface area contributed by atoms with E-state index in [2.05, 4.69) is 19.9 Å². The Balaban J connectivity index is 1.73. The lowest BCUT2D eigenvalue weighted by Gasteiger charge is -2.35. The van der Waals surface area contributed by atoms with Gasteiger partial charge >= 0.3 is 0 Å². The van der Waals surface area contributed by atoms with Crippen LogP contribution < -0.4 is 9.64 Å². The summed E-state index contributed by atoms with van der Waals surface area (Å²) in [6.45, 7) is 4.14. The van der Waals surface area contributed by atoms with Crippen LogP contribution in [0.2, 0.25) is 0 Å². The predicted octanol–water partition coefficient (Wildman–Crippen LogP) is 1.56. The van der Waals surface area contributed by atoms with Gasteiger partial charge in [0.2, 0.25) is 5.88 Å². The number of aliphatic hydroxyl groups is 1. The summed E-state index contributed by atoms with van der Waals surface area (Å²) in [5.41, 5.74) is 0. The highest BCUT2D eigenvalue weighted by molar-refractivity contribution is 5.38. The molecule has 0 radical (unpaired) electrons. The molecule has 2 unspecified atom stereocenters. The summed E-state index contributed by atoms with van der Waals surface area (Å²) in [5, 5.41) is 10.6. The van der Waals surface area contributed by atoms with E-state index in [1.54, 1.807) is 18.6 Å². The second kappa shape index (κ2) is 6.95. The van der Waals surface area contributed by atoms with Crippen LogP contribution in [-0.4, -0.2) is 44.3 Å². The molecule has 3 heterocycles. The van der Waals surface area contributed by atoms with Crippen molar-refractivity contribution in [1.82, 2.24) is 19.5 Å². The number of imidazole rings is 1. The van der Waals surface area contributed by atoms with Crippen molar-refractivity contribution in [3.05, 3.63) is 30.6 Å². The first-order valence-corrected chi connectivity index (χ1v) is 8.04. The molecule has 1 fully saturated rings. The highest BCUT2D eigenvalue weighted by Gasteiger charge is 2.29. The fourth-order valence-corrected chi connectivity index (χ4v) is 3.06. The van der Waals surface area contributed by atoms with E-state index in [0.717, 1.165) is 31.7 Å². The summed E-state index contributed by atoms with van der Waals surface area (Å²) in [7, 11) is 1.91. The molecular formula is C16H23N5O2. The third-order valence-electron chi connectivity index (χ3n) is 4.24. The Morgan fingerprint density at radius 2 is 2.30 bits per heavy atom. The van der Waals surface area contributed by atoms with Crippen LogP contribution in [0.1, 0.15) is 31.7 Å². The smallest absolute Gasteiger partial charge is 0.234 e. The van der Waals surface area contributed by atoms with Gasteiger partial charge in [-0.3, -0.25) is 4.98 Å². The van der Waals surface area contributed by atoms with Gasteiger partial charge in [-0.1, -0.05) is 0 Å². The normalized spacial score (nSPS) is 19.6. The van der Waals surface area contributed by atoms with Gasteiger partial charge in [0.15, 0.2) is 5.82 Å². The van der Waals surface area contributed by atoms with E-state index in [1.165, 1.54) is 0 Å². The van der Waals surface area contributed by atoms with E-state index in [-0.39, 0.29) is 5.92 Å². The van der Waals surface area contributed by atoms with E-state index in [1.807, 2.05) is 24.7 Å². The van der Waals surface area contributed by atoms with Crippen molar-refractivity contribution in [3.8, 4) is 5.88 Å². The van der Waals surface area contributed by atoms with Gasteiger partial charge in [-0.05, 0) is 19.8 Å². The molecular weight excluding hydrogens is 294 g/mol. The first-order valence-electron chi connectivity index (χ1n) is 8.04. The number of ether oxygens (including phenoxy) is 1. The Hall–Kier alpha value is -2.15. The van der Waals surface area contributed by atoms with Crippen LogP contribution in [0.15, 0.2) is 24.8 Å². The fourth-order valence-electron chi connectivity index (χ4n) is 3.06. The molecule has 3 rings (SSSR count). The summed E-state index contributed by atoms with van der Waals surface area (Å²) in [6.07, 6.45) is 8.36. The first kappa shape index (κ1) is 15.7. The number of aryl methyl sites for hydroxylation is 1. The highest BCUT2D eigenvalue weighted by Crippen LogP contribution is 2.30. The highest BCUT2D eigenvalue weighted by atomic mass is 16.5. The molecule has 1 saturated heterocycles. The van der Waals surface area contributed by atoms with E-state index >= 15 is 0 Å². The van der Waals surface area contributed by atoms with Gasteiger partial charge in [0.25, 0.3) is 0 Å². The van der Waals surface area contributed by atoms with Gasteiger partial charge < -0.3 is 19.3 Å². The molecule has 0 bridgehead atoms. The largest absolute Gasteiger partial charge is 0.477 e. The lowest BCUT2D eigenvalue weighted by Crippen LogP contribution is -2.39. The lowest BCUT2D eigenvalue weighted by atomic mass is 9.92. The van der Waals surface area contributed by atoms with Gasteiger partial charge in [0.05, 0.1) is 19.0 Å².